The van der Waals surface area contributed by atoms with Crippen molar-refractivity contribution >= 4 is 43.6 Å². The number of rotatable bonds is 5. The fourth-order valence-electron chi connectivity index (χ4n) is 7.61. The van der Waals surface area contributed by atoms with Gasteiger partial charge in [-0.2, -0.15) is 10.5 Å². The lowest BCUT2D eigenvalue weighted by atomic mass is 10.0. The molecule has 0 saturated heterocycles. The second-order valence-corrected chi connectivity index (χ2v) is 13.1. The van der Waals surface area contributed by atoms with Crippen molar-refractivity contribution in [2.75, 3.05) is 0 Å². The summed E-state index contributed by atoms with van der Waals surface area (Å²) in [4.78, 5) is 14.6. The Morgan fingerprint density at radius 3 is 1.41 bits per heavy atom. The van der Waals surface area contributed by atoms with Gasteiger partial charge in [0.25, 0.3) is 0 Å². The Hall–Kier alpha value is -7.87. The van der Waals surface area contributed by atoms with E-state index in [1.54, 1.807) is 12.1 Å². The van der Waals surface area contributed by atoms with Crippen molar-refractivity contribution in [3.8, 4) is 57.7 Å². The zero-order valence-corrected chi connectivity index (χ0v) is 28.7. The minimum Gasteiger partial charge on any atom is -0.309 e. The minimum absolute atomic E-state index is 0.319. The Balaban J connectivity index is 1.24. The summed E-state index contributed by atoms with van der Waals surface area (Å²) in [6, 6.07) is 59.3. The smallest absolute Gasteiger partial charge is 0.165 e. The lowest BCUT2D eigenvalue weighted by Crippen LogP contribution is -2.04. The summed E-state index contributed by atoms with van der Waals surface area (Å²) in [6.45, 7) is 0. The molecular formula is C47H27N7. The van der Waals surface area contributed by atoms with Crippen LogP contribution in [0.1, 0.15) is 11.1 Å². The van der Waals surface area contributed by atoms with E-state index in [-0.39, 0.29) is 0 Å². The van der Waals surface area contributed by atoms with Gasteiger partial charge in [-0.1, -0.05) is 115 Å². The van der Waals surface area contributed by atoms with Crippen molar-refractivity contribution in [2.24, 2.45) is 0 Å². The highest BCUT2D eigenvalue weighted by Crippen LogP contribution is 2.41. The van der Waals surface area contributed by atoms with Gasteiger partial charge in [-0.25, -0.2) is 15.0 Å². The van der Waals surface area contributed by atoms with Gasteiger partial charge in [-0.05, 0) is 48.5 Å². The van der Waals surface area contributed by atoms with Crippen LogP contribution in [0.15, 0.2) is 164 Å². The van der Waals surface area contributed by atoms with Gasteiger partial charge in [-0.15, -0.1) is 0 Å². The van der Waals surface area contributed by atoms with Gasteiger partial charge in [0.1, 0.15) is 6.07 Å². The number of para-hydroxylation sites is 3. The monoisotopic (exact) mass is 689 g/mol. The van der Waals surface area contributed by atoms with Crippen LogP contribution >= 0.6 is 0 Å². The van der Waals surface area contributed by atoms with Crippen molar-refractivity contribution in [3.05, 3.63) is 175 Å². The molecule has 0 spiro atoms. The maximum absolute atomic E-state index is 10.8. The summed E-state index contributed by atoms with van der Waals surface area (Å²) in [5.74, 6) is 1.28. The van der Waals surface area contributed by atoms with Crippen LogP contribution in [0.2, 0.25) is 0 Å². The highest BCUT2D eigenvalue weighted by Gasteiger charge is 2.22. The van der Waals surface area contributed by atoms with Crippen LogP contribution < -0.4 is 0 Å². The molecule has 0 saturated carbocycles. The van der Waals surface area contributed by atoms with E-state index in [2.05, 4.69) is 94.1 Å². The molecule has 250 valence electrons. The first-order valence-electron chi connectivity index (χ1n) is 17.6. The van der Waals surface area contributed by atoms with Crippen molar-refractivity contribution in [3.63, 3.8) is 0 Å². The van der Waals surface area contributed by atoms with Crippen LogP contribution in [0.3, 0.4) is 0 Å². The molecule has 7 aromatic carbocycles. The maximum atomic E-state index is 10.8. The fourth-order valence-corrected chi connectivity index (χ4v) is 7.61. The third-order valence-electron chi connectivity index (χ3n) is 10.0. The molecule has 10 rings (SSSR count). The van der Waals surface area contributed by atoms with Crippen LogP contribution in [0.5, 0.6) is 0 Å². The second kappa shape index (κ2) is 12.4. The number of nitriles is 2. The Morgan fingerprint density at radius 1 is 0.389 bits per heavy atom. The number of aromatic nitrogens is 5. The first-order chi connectivity index (χ1) is 26.7. The van der Waals surface area contributed by atoms with E-state index < -0.39 is 0 Å². The van der Waals surface area contributed by atoms with Gasteiger partial charge >= 0.3 is 0 Å². The van der Waals surface area contributed by atoms with Gasteiger partial charge in [0.15, 0.2) is 17.5 Å². The molecule has 0 fully saturated rings. The molecule has 7 heteroatoms. The highest BCUT2D eigenvalue weighted by atomic mass is 15.0. The third-order valence-corrected chi connectivity index (χ3v) is 10.0. The number of hydrogen-bond donors (Lipinski definition) is 0. The SMILES string of the molecule is N#Cc1cc(-n2c3ccccc3c3cc4c(cc32)c2ccccc2n4-c2ccccc2)c(C#N)cc1-c1nc(-c2ccccc2)nc(-c2ccccc2)n1. The van der Waals surface area contributed by atoms with Crippen molar-refractivity contribution in [1.29, 1.82) is 10.5 Å². The molecule has 54 heavy (non-hydrogen) atoms. The highest BCUT2D eigenvalue weighted by molar-refractivity contribution is 6.19. The molecule has 10 aromatic rings. The topological polar surface area (TPSA) is 96.1 Å². The number of nitrogens with zero attached hydrogens (tertiary/aromatic N) is 7. The summed E-state index contributed by atoms with van der Waals surface area (Å²) in [5, 5.41) is 25.8. The molecule has 0 aliphatic carbocycles. The summed E-state index contributed by atoms with van der Waals surface area (Å²) in [5.41, 5.74) is 8.59. The van der Waals surface area contributed by atoms with Crippen molar-refractivity contribution in [1.82, 2.24) is 24.1 Å². The summed E-state index contributed by atoms with van der Waals surface area (Å²) < 4.78 is 4.42. The Kier molecular flexibility index (Phi) is 7.11. The van der Waals surface area contributed by atoms with Crippen LogP contribution in [0, 0.1) is 22.7 Å². The molecule has 0 aliphatic heterocycles. The van der Waals surface area contributed by atoms with Gasteiger partial charge in [-0.3, -0.25) is 0 Å². The van der Waals surface area contributed by atoms with Crippen molar-refractivity contribution in [2.45, 2.75) is 0 Å². The molecule has 0 unspecified atom stereocenters. The number of hydrogen-bond acceptors (Lipinski definition) is 5. The van der Waals surface area contributed by atoms with Crippen molar-refractivity contribution < 1.29 is 0 Å². The molecule has 0 aliphatic rings. The second-order valence-electron chi connectivity index (χ2n) is 13.1. The Morgan fingerprint density at radius 2 is 0.852 bits per heavy atom. The number of benzene rings is 7. The molecule has 0 atom stereocenters. The number of fused-ring (bicyclic) bond motifs is 6. The maximum Gasteiger partial charge on any atom is 0.165 e. The summed E-state index contributed by atoms with van der Waals surface area (Å²) >= 11 is 0. The van der Waals surface area contributed by atoms with E-state index >= 15 is 0 Å². The summed E-state index contributed by atoms with van der Waals surface area (Å²) in [6.07, 6.45) is 0. The first-order valence-corrected chi connectivity index (χ1v) is 17.6. The summed E-state index contributed by atoms with van der Waals surface area (Å²) in [7, 11) is 0. The van der Waals surface area contributed by atoms with Crippen LogP contribution in [-0.2, 0) is 0 Å². The van der Waals surface area contributed by atoms with Gasteiger partial charge in [0.05, 0.1) is 45.0 Å². The van der Waals surface area contributed by atoms with Gasteiger partial charge < -0.3 is 9.13 Å². The molecule has 3 heterocycles. The standard InChI is InChI=1S/C47H27N7/c48-28-32-25-42(33(29-49)24-37(32)47-51-45(30-14-4-1-5-15-30)50-46(52-47)31-16-6-2-7-17-31)54-41-23-13-11-21-36(41)39-26-43-38(27-44(39)54)35-20-10-12-22-40(35)53(43)34-18-8-3-9-19-34/h1-27H. The largest absolute Gasteiger partial charge is 0.309 e. The average molecular weight is 690 g/mol. The van der Waals surface area contributed by atoms with E-state index in [4.69, 9.17) is 15.0 Å². The zero-order chi connectivity index (χ0) is 36.2. The molecule has 0 amide bonds. The predicted molar refractivity (Wildman–Crippen MR) is 214 cm³/mol. The minimum atomic E-state index is 0.319. The molecule has 7 nitrogen and oxygen atoms in total. The predicted octanol–water partition coefficient (Wildman–Crippen LogP) is 10.8. The van der Waals surface area contributed by atoms with E-state index in [1.165, 1.54) is 0 Å². The van der Waals surface area contributed by atoms with Crippen LogP contribution in [0.4, 0.5) is 0 Å². The fraction of sp³-hybridized carbons (Fsp3) is 0. The average Bonchev–Trinajstić information content (AvgIpc) is 3.75. The Labute approximate surface area is 309 Å². The zero-order valence-electron chi connectivity index (χ0n) is 28.7. The lowest BCUT2D eigenvalue weighted by molar-refractivity contribution is 1.07. The third kappa shape index (κ3) is 4.85. The molecule has 0 radical (unpaired) electrons. The first kappa shape index (κ1) is 30.9. The molecule has 0 N–H and O–H groups in total. The van der Waals surface area contributed by atoms with E-state index in [1.807, 2.05) is 78.9 Å². The molecular weight excluding hydrogens is 663 g/mol. The normalized spacial score (nSPS) is 11.3. The van der Waals surface area contributed by atoms with E-state index in [9.17, 15) is 10.5 Å². The molecule has 3 aromatic heterocycles. The quantitative estimate of drug-likeness (QED) is 0.179. The van der Waals surface area contributed by atoms with Gasteiger partial charge in [0.2, 0.25) is 0 Å². The lowest BCUT2D eigenvalue weighted by Gasteiger charge is -2.14. The van der Waals surface area contributed by atoms with E-state index in [0.29, 0.717) is 39.9 Å². The van der Waals surface area contributed by atoms with Gasteiger partial charge in [0, 0.05) is 43.9 Å². The van der Waals surface area contributed by atoms with Crippen LogP contribution in [0.25, 0.3) is 89.2 Å². The van der Waals surface area contributed by atoms with E-state index in [0.717, 1.165) is 60.4 Å². The Bertz CT molecular complexity index is 3110. The van der Waals surface area contributed by atoms with Crippen LogP contribution in [-0.4, -0.2) is 24.1 Å². The molecule has 0 bridgehead atoms.